The van der Waals surface area contributed by atoms with Gasteiger partial charge in [0.1, 0.15) is 18.1 Å². The predicted octanol–water partition coefficient (Wildman–Crippen LogP) is 4.20. The van der Waals surface area contributed by atoms with Gasteiger partial charge in [-0.1, -0.05) is 30.7 Å². The second-order valence-corrected chi connectivity index (χ2v) is 5.02. The molecule has 0 aliphatic rings. The molecule has 0 amide bonds. The monoisotopic (exact) mass is 284 g/mol. The Labute approximate surface area is 125 Å². The molecule has 2 rings (SSSR count). The zero-order chi connectivity index (χ0) is 15.2. The first-order valence-electron chi connectivity index (χ1n) is 7.08. The van der Waals surface area contributed by atoms with Crippen LogP contribution < -0.4 is 9.47 Å². The second kappa shape index (κ2) is 6.93. The van der Waals surface area contributed by atoms with E-state index in [-0.39, 0.29) is 5.97 Å². The van der Waals surface area contributed by atoms with Gasteiger partial charge in [-0.25, -0.2) is 0 Å². The number of carbonyl (C=O) groups excluding carboxylic acids is 1. The van der Waals surface area contributed by atoms with Crippen LogP contribution in [0.1, 0.15) is 30.0 Å². The van der Waals surface area contributed by atoms with E-state index in [0.29, 0.717) is 18.8 Å². The van der Waals surface area contributed by atoms with E-state index < -0.39 is 0 Å². The third-order valence-corrected chi connectivity index (χ3v) is 3.24. The zero-order valence-electron chi connectivity index (χ0n) is 12.7. The van der Waals surface area contributed by atoms with Crippen LogP contribution in [0.25, 0.3) is 0 Å². The van der Waals surface area contributed by atoms with Crippen molar-refractivity contribution in [3.05, 3.63) is 59.2 Å². The number of hydrogen-bond donors (Lipinski definition) is 0. The summed E-state index contributed by atoms with van der Waals surface area (Å²) in [7, 11) is 0. The fourth-order valence-corrected chi connectivity index (χ4v) is 1.92. The van der Waals surface area contributed by atoms with Crippen molar-refractivity contribution in [3.8, 4) is 11.5 Å². The van der Waals surface area contributed by atoms with E-state index in [1.165, 1.54) is 16.7 Å². The molecule has 0 unspecified atom stereocenters. The van der Waals surface area contributed by atoms with Crippen LogP contribution in [0.5, 0.6) is 11.5 Å². The molecule has 0 aliphatic carbocycles. The Morgan fingerprint density at radius 2 is 1.67 bits per heavy atom. The maximum Gasteiger partial charge on any atom is 0.310 e. The molecule has 3 nitrogen and oxygen atoms in total. The lowest BCUT2D eigenvalue weighted by atomic mass is 10.1. The fourth-order valence-electron chi connectivity index (χ4n) is 1.92. The average molecular weight is 284 g/mol. The third-order valence-electron chi connectivity index (χ3n) is 3.24. The van der Waals surface area contributed by atoms with Gasteiger partial charge in [0.15, 0.2) is 0 Å². The number of hydrogen-bond acceptors (Lipinski definition) is 3. The molecule has 110 valence electrons. The smallest absolute Gasteiger partial charge is 0.310 e. The maximum absolute atomic E-state index is 11.2. The van der Waals surface area contributed by atoms with Gasteiger partial charge in [0.25, 0.3) is 0 Å². The highest BCUT2D eigenvalue weighted by Crippen LogP contribution is 2.20. The van der Waals surface area contributed by atoms with Crippen molar-refractivity contribution in [3.63, 3.8) is 0 Å². The lowest BCUT2D eigenvalue weighted by Crippen LogP contribution is -2.05. The van der Waals surface area contributed by atoms with Crippen molar-refractivity contribution >= 4 is 5.97 Å². The van der Waals surface area contributed by atoms with Gasteiger partial charge in [0, 0.05) is 6.42 Å². The van der Waals surface area contributed by atoms with Gasteiger partial charge in [-0.05, 0) is 49.2 Å². The molecule has 2 aromatic carbocycles. The number of aryl methyl sites for hydroxylation is 2. The number of ether oxygens (including phenoxy) is 2. The van der Waals surface area contributed by atoms with Crippen molar-refractivity contribution in [2.24, 2.45) is 0 Å². The second-order valence-electron chi connectivity index (χ2n) is 5.02. The molecule has 3 heteroatoms. The summed E-state index contributed by atoms with van der Waals surface area (Å²) >= 11 is 0. The van der Waals surface area contributed by atoms with E-state index in [9.17, 15) is 4.79 Å². The first kappa shape index (κ1) is 15.1. The summed E-state index contributed by atoms with van der Waals surface area (Å²) in [6, 6.07) is 13.4. The van der Waals surface area contributed by atoms with Crippen molar-refractivity contribution in [1.29, 1.82) is 0 Å². The topological polar surface area (TPSA) is 35.5 Å². The third kappa shape index (κ3) is 4.35. The normalized spacial score (nSPS) is 10.2. The highest BCUT2D eigenvalue weighted by molar-refractivity contribution is 5.71. The minimum absolute atomic E-state index is 0.237. The Hall–Kier alpha value is -2.29. The summed E-state index contributed by atoms with van der Waals surface area (Å²) in [5, 5.41) is 0. The summed E-state index contributed by atoms with van der Waals surface area (Å²) in [5.74, 6) is 1.06. The highest BCUT2D eigenvalue weighted by Gasteiger charge is 2.03. The van der Waals surface area contributed by atoms with E-state index in [1.807, 2.05) is 12.1 Å². The quantitative estimate of drug-likeness (QED) is 0.610. The summed E-state index contributed by atoms with van der Waals surface area (Å²) in [5.41, 5.74) is 3.62. The standard InChI is InChI=1S/C18H20O3/c1-4-18(19)21-17-9-7-16(8-10-17)20-12-15-11-13(2)5-6-14(15)3/h5-11H,4,12H2,1-3H3. The van der Waals surface area contributed by atoms with Crippen LogP contribution in [0.4, 0.5) is 0 Å². The largest absolute Gasteiger partial charge is 0.489 e. The SMILES string of the molecule is CCC(=O)Oc1ccc(OCc2cc(C)ccc2C)cc1. The number of benzene rings is 2. The van der Waals surface area contributed by atoms with Gasteiger partial charge < -0.3 is 9.47 Å². The van der Waals surface area contributed by atoms with Gasteiger partial charge in [0.05, 0.1) is 0 Å². The van der Waals surface area contributed by atoms with Crippen molar-refractivity contribution in [2.75, 3.05) is 0 Å². The van der Waals surface area contributed by atoms with Crippen LogP contribution in [0.3, 0.4) is 0 Å². The fraction of sp³-hybridized carbons (Fsp3) is 0.278. The molecule has 0 N–H and O–H groups in total. The Kier molecular flexibility index (Phi) is 4.99. The lowest BCUT2D eigenvalue weighted by molar-refractivity contribution is -0.134. The average Bonchev–Trinajstić information content (AvgIpc) is 2.49. The van der Waals surface area contributed by atoms with Gasteiger partial charge in [-0.3, -0.25) is 4.79 Å². The van der Waals surface area contributed by atoms with E-state index in [2.05, 4.69) is 32.0 Å². The van der Waals surface area contributed by atoms with Crippen LogP contribution >= 0.6 is 0 Å². The van der Waals surface area contributed by atoms with Crippen LogP contribution in [-0.2, 0) is 11.4 Å². The molecule has 0 aromatic heterocycles. The molecule has 0 aliphatic heterocycles. The van der Waals surface area contributed by atoms with Gasteiger partial charge in [-0.15, -0.1) is 0 Å². The van der Waals surface area contributed by atoms with Gasteiger partial charge in [-0.2, -0.15) is 0 Å². The number of carbonyl (C=O) groups is 1. The molecular formula is C18H20O3. The molecule has 0 saturated heterocycles. The number of rotatable bonds is 5. The minimum Gasteiger partial charge on any atom is -0.489 e. The molecule has 0 heterocycles. The van der Waals surface area contributed by atoms with E-state index in [1.54, 1.807) is 19.1 Å². The van der Waals surface area contributed by atoms with Gasteiger partial charge in [0.2, 0.25) is 0 Å². The summed E-state index contributed by atoms with van der Waals surface area (Å²) in [6.07, 6.45) is 0.366. The summed E-state index contributed by atoms with van der Waals surface area (Å²) in [6.45, 7) is 6.44. The zero-order valence-corrected chi connectivity index (χ0v) is 12.7. The predicted molar refractivity (Wildman–Crippen MR) is 82.6 cm³/mol. The van der Waals surface area contributed by atoms with Crippen molar-refractivity contribution < 1.29 is 14.3 Å². The first-order chi connectivity index (χ1) is 10.1. The molecule has 0 radical (unpaired) electrons. The van der Waals surface area contributed by atoms with Crippen molar-refractivity contribution in [1.82, 2.24) is 0 Å². The Morgan fingerprint density at radius 1 is 1.00 bits per heavy atom. The van der Waals surface area contributed by atoms with Crippen LogP contribution in [0.15, 0.2) is 42.5 Å². The van der Waals surface area contributed by atoms with Gasteiger partial charge >= 0.3 is 5.97 Å². The summed E-state index contributed by atoms with van der Waals surface area (Å²) < 4.78 is 10.9. The Bertz CT molecular complexity index is 615. The molecule has 2 aromatic rings. The van der Waals surface area contributed by atoms with E-state index in [4.69, 9.17) is 9.47 Å². The molecule has 21 heavy (non-hydrogen) atoms. The minimum atomic E-state index is -0.237. The van der Waals surface area contributed by atoms with Crippen LogP contribution in [0.2, 0.25) is 0 Å². The molecule has 0 bridgehead atoms. The molecule has 0 saturated carbocycles. The molecular weight excluding hydrogens is 264 g/mol. The van der Waals surface area contributed by atoms with Crippen LogP contribution in [0, 0.1) is 13.8 Å². The van der Waals surface area contributed by atoms with Crippen molar-refractivity contribution in [2.45, 2.75) is 33.8 Å². The van der Waals surface area contributed by atoms with E-state index in [0.717, 1.165) is 5.75 Å². The van der Waals surface area contributed by atoms with E-state index >= 15 is 0 Å². The molecule has 0 spiro atoms. The highest BCUT2D eigenvalue weighted by atomic mass is 16.5. The first-order valence-corrected chi connectivity index (χ1v) is 7.08. The summed E-state index contributed by atoms with van der Waals surface area (Å²) in [4.78, 5) is 11.2. The molecule has 0 atom stereocenters. The molecule has 0 fully saturated rings. The number of esters is 1. The lowest BCUT2D eigenvalue weighted by Gasteiger charge is -2.10. The van der Waals surface area contributed by atoms with Crippen LogP contribution in [-0.4, -0.2) is 5.97 Å². The Balaban J connectivity index is 1.97. The maximum atomic E-state index is 11.2. The Morgan fingerprint density at radius 3 is 2.33 bits per heavy atom.